The van der Waals surface area contributed by atoms with Gasteiger partial charge in [-0.05, 0) is 24.9 Å². The molecule has 0 amide bonds. The Hall–Kier alpha value is -0.900. The van der Waals surface area contributed by atoms with Crippen LogP contribution in [0.2, 0.25) is 0 Å². The first-order chi connectivity index (χ1) is 8.74. The monoisotopic (exact) mass is 248 g/mol. The van der Waals surface area contributed by atoms with Gasteiger partial charge in [0.1, 0.15) is 0 Å². The Morgan fingerprint density at radius 1 is 1.44 bits per heavy atom. The van der Waals surface area contributed by atoms with Crippen LogP contribution in [0.25, 0.3) is 0 Å². The highest BCUT2D eigenvalue weighted by atomic mass is 16.5. The van der Waals surface area contributed by atoms with Crippen LogP contribution in [0.15, 0.2) is 30.3 Å². The van der Waals surface area contributed by atoms with Crippen LogP contribution in [0.1, 0.15) is 25.3 Å². The molecule has 3 unspecified atom stereocenters. The second-order valence-corrected chi connectivity index (χ2v) is 5.09. The number of piperidine rings is 1. The Balaban J connectivity index is 2.38. The van der Waals surface area contributed by atoms with Gasteiger partial charge in [-0.25, -0.2) is 0 Å². The highest BCUT2D eigenvalue weighted by Crippen LogP contribution is 2.40. The van der Waals surface area contributed by atoms with Crippen molar-refractivity contribution in [2.45, 2.75) is 31.4 Å². The van der Waals surface area contributed by atoms with Crippen LogP contribution >= 0.6 is 0 Å². The van der Waals surface area contributed by atoms with Gasteiger partial charge < -0.3 is 15.8 Å². The molecule has 2 rings (SSSR count). The first-order valence-electron chi connectivity index (χ1n) is 6.81. The summed E-state index contributed by atoms with van der Waals surface area (Å²) in [5.74, 6) is 0.323. The number of ether oxygens (including phenoxy) is 1. The minimum atomic E-state index is -0.234. The standard InChI is InChI=1S/C15H24N2O/c1-3-14(16)13-11-17-10-9-15(13,18-2)12-7-5-4-6-8-12/h4-8,13-14,17H,3,9-11,16H2,1-2H3. The molecule has 3 N–H and O–H groups in total. The summed E-state index contributed by atoms with van der Waals surface area (Å²) in [5.41, 5.74) is 7.33. The highest BCUT2D eigenvalue weighted by molar-refractivity contribution is 5.25. The van der Waals surface area contributed by atoms with Gasteiger partial charge in [-0.1, -0.05) is 37.3 Å². The van der Waals surface area contributed by atoms with Crippen LogP contribution in [0.5, 0.6) is 0 Å². The normalized spacial score (nSPS) is 30.1. The number of rotatable bonds is 4. The fraction of sp³-hybridized carbons (Fsp3) is 0.600. The molecule has 0 aliphatic carbocycles. The van der Waals surface area contributed by atoms with E-state index in [4.69, 9.17) is 10.5 Å². The molecule has 100 valence electrons. The van der Waals surface area contributed by atoms with E-state index in [1.807, 2.05) is 13.2 Å². The summed E-state index contributed by atoms with van der Waals surface area (Å²) in [6.07, 6.45) is 1.95. The van der Waals surface area contributed by atoms with Gasteiger partial charge in [-0.3, -0.25) is 0 Å². The number of benzene rings is 1. The van der Waals surface area contributed by atoms with E-state index < -0.39 is 0 Å². The van der Waals surface area contributed by atoms with Gasteiger partial charge in [-0.15, -0.1) is 0 Å². The Kier molecular flexibility index (Phi) is 4.38. The fourth-order valence-electron chi connectivity index (χ4n) is 3.11. The summed E-state index contributed by atoms with van der Waals surface area (Å²) >= 11 is 0. The van der Waals surface area contributed by atoms with Crippen molar-refractivity contribution in [3.05, 3.63) is 35.9 Å². The number of hydrogen-bond acceptors (Lipinski definition) is 3. The third-order valence-corrected chi connectivity index (χ3v) is 4.25. The minimum absolute atomic E-state index is 0.165. The first kappa shape index (κ1) is 13.5. The van der Waals surface area contributed by atoms with E-state index in [1.165, 1.54) is 5.56 Å². The second kappa shape index (κ2) is 5.83. The van der Waals surface area contributed by atoms with E-state index in [-0.39, 0.29) is 11.6 Å². The van der Waals surface area contributed by atoms with Crippen LogP contribution in [0.4, 0.5) is 0 Å². The minimum Gasteiger partial charge on any atom is -0.373 e. The molecule has 0 radical (unpaired) electrons. The summed E-state index contributed by atoms with van der Waals surface area (Å²) in [7, 11) is 1.81. The smallest absolute Gasteiger partial charge is 0.0994 e. The van der Waals surface area contributed by atoms with Crippen LogP contribution in [0.3, 0.4) is 0 Å². The lowest BCUT2D eigenvalue weighted by Crippen LogP contribution is -2.55. The molecule has 1 aromatic rings. The van der Waals surface area contributed by atoms with E-state index in [0.717, 1.165) is 25.9 Å². The third-order valence-electron chi connectivity index (χ3n) is 4.25. The largest absolute Gasteiger partial charge is 0.373 e. The van der Waals surface area contributed by atoms with Crippen LogP contribution in [0, 0.1) is 5.92 Å². The molecule has 3 heteroatoms. The van der Waals surface area contributed by atoms with Crippen LogP contribution < -0.4 is 11.1 Å². The zero-order valence-corrected chi connectivity index (χ0v) is 11.4. The number of nitrogens with two attached hydrogens (primary N) is 1. The topological polar surface area (TPSA) is 47.3 Å². The lowest BCUT2D eigenvalue weighted by molar-refractivity contribution is -0.0908. The van der Waals surface area contributed by atoms with Gasteiger partial charge in [0.25, 0.3) is 0 Å². The number of hydrogen-bond donors (Lipinski definition) is 2. The first-order valence-corrected chi connectivity index (χ1v) is 6.81. The van der Waals surface area contributed by atoms with Crippen LogP contribution in [-0.2, 0) is 10.3 Å². The highest BCUT2D eigenvalue weighted by Gasteiger charge is 2.44. The molecule has 1 fully saturated rings. The molecule has 1 saturated heterocycles. The molecule has 0 aromatic heterocycles. The Morgan fingerprint density at radius 2 is 2.17 bits per heavy atom. The summed E-state index contributed by atoms with van der Waals surface area (Å²) in [5, 5.41) is 3.45. The maximum atomic E-state index is 6.32. The Morgan fingerprint density at radius 3 is 2.78 bits per heavy atom. The summed E-state index contributed by atoms with van der Waals surface area (Å²) < 4.78 is 5.98. The van der Waals surface area contributed by atoms with Crippen molar-refractivity contribution in [3.8, 4) is 0 Å². The summed E-state index contributed by atoms with van der Waals surface area (Å²) in [4.78, 5) is 0. The molecule has 3 nitrogen and oxygen atoms in total. The molecule has 1 aliphatic heterocycles. The fourth-order valence-corrected chi connectivity index (χ4v) is 3.11. The number of methoxy groups -OCH3 is 1. The maximum Gasteiger partial charge on any atom is 0.0994 e. The molecule has 0 saturated carbocycles. The molecule has 18 heavy (non-hydrogen) atoms. The van der Waals surface area contributed by atoms with Gasteiger partial charge in [0.05, 0.1) is 5.60 Å². The summed E-state index contributed by atoms with van der Waals surface area (Å²) in [6.45, 7) is 4.05. The van der Waals surface area contributed by atoms with Crippen molar-refractivity contribution in [1.82, 2.24) is 5.32 Å². The molecule has 1 heterocycles. The predicted octanol–water partition coefficient (Wildman–Crippen LogP) is 1.88. The van der Waals surface area contributed by atoms with Crippen molar-refractivity contribution in [3.63, 3.8) is 0 Å². The number of nitrogens with one attached hydrogen (secondary N) is 1. The Labute approximate surface area is 110 Å². The van der Waals surface area contributed by atoms with Gasteiger partial charge in [-0.2, -0.15) is 0 Å². The third kappa shape index (κ3) is 2.30. The summed E-state index contributed by atoms with van der Waals surface area (Å²) in [6, 6.07) is 10.7. The molecular weight excluding hydrogens is 224 g/mol. The van der Waals surface area contributed by atoms with Crippen LogP contribution in [-0.4, -0.2) is 26.2 Å². The van der Waals surface area contributed by atoms with Crippen molar-refractivity contribution in [2.24, 2.45) is 11.7 Å². The van der Waals surface area contributed by atoms with Gasteiger partial charge >= 0.3 is 0 Å². The van der Waals surface area contributed by atoms with Crippen molar-refractivity contribution < 1.29 is 4.74 Å². The van der Waals surface area contributed by atoms with Crippen molar-refractivity contribution in [2.75, 3.05) is 20.2 Å². The van der Waals surface area contributed by atoms with E-state index in [9.17, 15) is 0 Å². The van der Waals surface area contributed by atoms with E-state index in [2.05, 4.69) is 36.5 Å². The molecule has 1 aliphatic rings. The van der Waals surface area contributed by atoms with E-state index in [0.29, 0.717) is 5.92 Å². The quantitative estimate of drug-likeness (QED) is 0.855. The van der Waals surface area contributed by atoms with Gasteiger partial charge in [0, 0.05) is 25.6 Å². The molecule has 3 atom stereocenters. The average Bonchev–Trinajstić information content (AvgIpc) is 2.47. The predicted molar refractivity (Wildman–Crippen MR) is 74.4 cm³/mol. The molecule has 0 spiro atoms. The second-order valence-electron chi connectivity index (χ2n) is 5.09. The SMILES string of the molecule is CCC(N)C1CNCCC1(OC)c1ccccc1. The van der Waals surface area contributed by atoms with Gasteiger partial charge in [0.2, 0.25) is 0 Å². The molecule has 0 bridgehead atoms. The Bertz CT molecular complexity index is 368. The average molecular weight is 248 g/mol. The zero-order chi connectivity index (χ0) is 13.0. The van der Waals surface area contributed by atoms with Gasteiger partial charge in [0.15, 0.2) is 0 Å². The molecular formula is C15H24N2O. The lowest BCUT2D eigenvalue weighted by atomic mass is 9.72. The van der Waals surface area contributed by atoms with Crippen molar-refractivity contribution in [1.29, 1.82) is 0 Å². The van der Waals surface area contributed by atoms with Crippen molar-refractivity contribution >= 4 is 0 Å². The van der Waals surface area contributed by atoms with E-state index in [1.54, 1.807) is 0 Å². The lowest BCUT2D eigenvalue weighted by Gasteiger charge is -2.46. The van der Waals surface area contributed by atoms with E-state index >= 15 is 0 Å². The zero-order valence-electron chi connectivity index (χ0n) is 11.4. The molecule has 1 aromatic carbocycles. The maximum absolute atomic E-state index is 6.32.